The third kappa shape index (κ3) is 4.71. The zero-order chi connectivity index (χ0) is 29.1. The SMILES string of the molecule is CC(C)(C)B1C(=[As](c2ccccc2)(c2ccccc2)c2ccccc2)B(C(C)(C)C)C1([Si](C)(C)C)[Si](C)(C)C. The Kier molecular flexibility index (Phi) is 7.99. The Balaban J connectivity index is 2.41. The first-order chi connectivity index (χ1) is 17.9. The van der Waals surface area contributed by atoms with Gasteiger partial charge in [-0.3, -0.25) is 0 Å². The summed E-state index contributed by atoms with van der Waals surface area (Å²) in [5.74, 6) is 0. The molecule has 4 rings (SSSR count). The fourth-order valence-corrected chi connectivity index (χ4v) is 36.7. The molecule has 0 unspecified atom stereocenters. The first-order valence-electron chi connectivity index (χ1n) is 14.9. The molecule has 206 valence electrons. The van der Waals surface area contributed by atoms with Crippen molar-refractivity contribution < 1.29 is 0 Å². The summed E-state index contributed by atoms with van der Waals surface area (Å²) in [6, 6.07) is 35.2. The first-order valence-corrected chi connectivity index (χ1v) is 25.6. The van der Waals surface area contributed by atoms with Crippen molar-refractivity contribution in [2.45, 2.75) is 95.9 Å². The van der Waals surface area contributed by atoms with E-state index < -0.39 is 29.3 Å². The monoisotopic (exact) mass is 612 g/mol. The molecule has 3 aromatic rings. The predicted molar refractivity (Wildman–Crippen MR) is 189 cm³/mol. The van der Waals surface area contributed by atoms with Crippen molar-refractivity contribution >= 4 is 59.8 Å². The van der Waals surface area contributed by atoms with Gasteiger partial charge in [-0.2, -0.15) is 0 Å². The van der Waals surface area contributed by atoms with Gasteiger partial charge in [0.05, 0.1) is 0 Å². The molecule has 0 spiro atoms. The van der Waals surface area contributed by atoms with Crippen molar-refractivity contribution in [1.82, 2.24) is 0 Å². The summed E-state index contributed by atoms with van der Waals surface area (Å²) in [5, 5.41) is 0.366. The number of hydrogen-bond acceptors (Lipinski definition) is 0. The number of benzene rings is 3. The van der Waals surface area contributed by atoms with Gasteiger partial charge < -0.3 is 0 Å². The van der Waals surface area contributed by atoms with E-state index in [1.165, 1.54) is 0 Å². The molecule has 39 heavy (non-hydrogen) atoms. The Morgan fingerprint density at radius 2 is 0.744 bits per heavy atom. The van der Waals surface area contributed by atoms with Crippen molar-refractivity contribution in [1.29, 1.82) is 0 Å². The molecule has 0 N–H and O–H groups in total. The summed E-state index contributed by atoms with van der Waals surface area (Å²) in [5.41, 5.74) is 0. The summed E-state index contributed by atoms with van der Waals surface area (Å²) >= 11 is -3.11. The molecular formula is C34H51AsB2Si2. The number of rotatable bonds is 5. The minimum atomic E-state index is -3.11. The Bertz CT molecular complexity index is 1200. The average Bonchev–Trinajstić information content (AvgIpc) is 2.79. The van der Waals surface area contributed by atoms with Gasteiger partial charge in [-0.1, -0.05) is 0 Å². The second-order valence-electron chi connectivity index (χ2n) is 16.1. The Morgan fingerprint density at radius 1 is 0.487 bits per heavy atom. The van der Waals surface area contributed by atoms with Gasteiger partial charge in [0, 0.05) is 0 Å². The van der Waals surface area contributed by atoms with Crippen LogP contribution in [0.3, 0.4) is 0 Å². The molecule has 1 heterocycles. The topological polar surface area (TPSA) is 0 Å². The fraction of sp³-hybridized carbons (Fsp3) is 0.441. The van der Waals surface area contributed by atoms with Crippen LogP contribution in [0.25, 0.3) is 0 Å². The molecule has 1 fully saturated rings. The Morgan fingerprint density at radius 3 is 0.949 bits per heavy atom. The van der Waals surface area contributed by atoms with Crippen molar-refractivity contribution in [2.75, 3.05) is 0 Å². The molecule has 0 aliphatic carbocycles. The van der Waals surface area contributed by atoms with E-state index in [2.05, 4.69) is 172 Å². The van der Waals surface area contributed by atoms with Crippen molar-refractivity contribution in [3.63, 3.8) is 0 Å². The van der Waals surface area contributed by atoms with Gasteiger partial charge in [0.1, 0.15) is 0 Å². The summed E-state index contributed by atoms with van der Waals surface area (Å²) in [7, 11) is -3.32. The normalized spacial score (nSPS) is 16.8. The van der Waals surface area contributed by atoms with E-state index in [1.54, 1.807) is 13.1 Å². The van der Waals surface area contributed by atoms with E-state index in [0.29, 0.717) is 17.9 Å². The van der Waals surface area contributed by atoms with E-state index in [1.807, 2.05) is 4.10 Å². The van der Waals surface area contributed by atoms with Gasteiger partial charge in [0.2, 0.25) is 0 Å². The first kappa shape index (κ1) is 30.6. The third-order valence-electron chi connectivity index (χ3n) is 9.53. The molecule has 1 aliphatic rings. The quantitative estimate of drug-likeness (QED) is 0.260. The van der Waals surface area contributed by atoms with Crippen LogP contribution < -0.4 is 13.1 Å². The maximum atomic E-state index is 2.71. The molecule has 0 bridgehead atoms. The van der Waals surface area contributed by atoms with E-state index in [4.69, 9.17) is 0 Å². The van der Waals surface area contributed by atoms with Crippen LogP contribution in [0.2, 0.25) is 54.4 Å². The molecule has 3 aromatic carbocycles. The van der Waals surface area contributed by atoms with Gasteiger partial charge in [-0.15, -0.1) is 0 Å². The van der Waals surface area contributed by atoms with Crippen LogP contribution in [0, 0.1) is 0 Å². The molecule has 1 saturated heterocycles. The van der Waals surface area contributed by atoms with E-state index >= 15 is 0 Å². The number of hydrogen-bond donors (Lipinski definition) is 0. The van der Waals surface area contributed by atoms with Crippen LogP contribution in [0.1, 0.15) is 41.5 Å². The van der Waals surface area contributed by atoms with Crippen LogP contribution in [0.15, 0.2) is 91.0 Å². The van der Waals surface area contributed by atoms with E-state index in [9.17, 15) is 0 Å². The van der Waals surface area contributed by atoms with Crippen molar-refractivity contribution in [2.24, 2.45) is 0 Å². The van der Waals surface area contributed by atoms with E-state index in [-0.39, 0.29) is 10.6 Å². The van der Waals surface area contributed by atoms with Crippen LogP contribution in [-0.2, 0) is 0 Å². The van der Waals surface area contributed by atoms with Crippen molar-refractivity contribution in [3.05, 3.63) is 91.0 Å². The summed E-state index contributed by atoms with van der Waals surface area (Å²) < 4.78 is 7.06. The maximum absolute atomic E-state index is 3.11. The average molecular weight is 613 g/mol. The Labute approximate surface area is 245 Å². The second kappa shape index (κ2) is 10.2. The van der Waals surface area contributed by atoms with Gasteiger partial charge in [-0.25, -0.2) is 0 Å². The molecule has 0 atom stereocenters. The zero-order valence-corrected chi connectivity index (χ0v) is 30.6. The summed E-state index contributed by atoms with van der Waals surface area (Å²) in [6.07, 6.45) is 0. The minimum absolute atomic E-state index is 0.183. The van der Waals surface area contributed by atoms with Crippen LogP contribution in [-0.4, -0.2) is 46.8 Å². The zero-order valence-electron chi connectivity index (χ0n) is 26.8. The van der Waals surface area contributed by atoms with Crippen molar-refractivity contribution in [3.8, 4) is 0 Å². The molecule has 0 saturated carbocycles. The third-order valence-corrected chi connectivity index (χ3v) is 29.6. The molecular weight excluding hydrogens is 561 g/mol. The Hall–Kier alpha value is -1.35. The predicted octanol–water partition coefficient (Wildman–Crippen LogP) is 7.63. The molecule has 0 radical (unpaired) electrons. The molecule has 0 nitrogen and oxygen atoms in total. The van der Waals surface area contributed by atoms with E-state index in [0.717, 1.165) is 0 Å². The van der Waals surface area contributed by atoms with Gasteiger partial charge >= 0.3 is 247 Å². The van der Waals surface area contributed by atoms with Gasteiger partial charge in [0.15, 0.2) is 0 Å². The van der Waals surface area contributed by atoms with Crippen LogP contribution in [0.5, 0.6) is 0 Å². The summed E-state index contributed by atoms with van der Waals surface area (Å²) in [6.45, 7) is 32.8. The standard InChI is InChI=1S/C34H51AsB2Si2/c1-32(2,3)36-31(37(33(4,5)6)34(36,38(7,8)9)39(10,11)12)35(28-22-16-13-17-23-28,29-24-18-14-19-25-29)30-26-20-15-21-27-30/h13-27H,1-12H3. The van der Waals surface area contributed by atoms with Crippen LogP contribution >= 0.6 is 0 Å². The second-order valence-corrected chi connectivity index (χ2v) is 34.4. The van der Waals surface area contributed by atoms with Gasteiger partial charge in [-0.05, 0) is 0 Å². The van der Waals surface area contributed by atoms with Crippen LogP contribution in [0.4, 0.5) is 0 Å². The molecule has 0 amide bonds. The molecule has 0 aromatic heterocycles. The summed E-state index contributed by atoms with van der Waals surface area (Å²) in [4.78, 5) is 0. The van der Waals surface area contributed by atoms with Gasteiger partial charge in [0.25, 0.3) is 0 Å². The molecule has 1 aliphatic heterocycles. The molecule has 5 heteroatoms. The fourth-order valence-electron chi connectivity index (χ4n) is 9.05.